The van der Waals surface area contributed by atoms with Gasteiger partial charge in [-0.2, -0.15) is 0 Å². The molecule has 0 radical (unpaired) electrons. The summed E-state index contributed by atoms with van der Waals surface area (Å²) >= 11 is 0. The van der Waals surface area contributed by atoms with Crippen LogP contribution in [0.15, 0.2) is 48.5 Å². The predicted octanol–water partition coefficient (Wildman–Crippen LogP) is 3.10. The Morgan fingerprint density at radius 2 is 1.88 bits per heavy atom. The zero-order valence-electron chi connectivity index (χ0n) is 12.7. The molecule has 2 aromatic carbocycles. The van der Waals surface area contributed by atoms with Crippen molar-refractivity contribution in [2.75, 3.05) is 5.32 Å². The summed E-state index contributed by atoms with van der Waals surface area (Å²) in [6.07, 6.45) is 2.51. The maximum atomic E-state index is 13.0. The summed E-state index contributed by atoms with van der Waals surface area (Å²) in [5.41, 5.74) is 2.47. The van der Waals surface area contributed by atoms with Crippen LogP contribution in [0.1, 0.15) is 12.5 Å². The average Bonchev–Trinajstić information content (AvgIpc) is 2.56. The number of hydroxylamine groups is 1. The monoisotopic (exact) mass is 330 g/mol. The van der Waals surface area contributed by atoms with Gasteiger partial charge in [-0.15, -0.1) is 0 Å². The van der Waals surface area contributed by atoms with Gasteiger partial charge in [0.25, 0.3) is 5.91 Å². The molecule has 7 heteroatoms. The Kier molecular flexibility index (Phi) is 5.64. The van der Waals surface area contributed by atoms with Gasteiger partial charge in [-0.05, 0) is 48.5 Å². The first-order valence-corrected chi connectivity index (χ1v) is 6.95. The number of hydrogen-bond donors (Lipinski definition) is 3. The molecule has 0 aliphatic rings. The van der Waals surface area contributed by atoms with E-state index in [0.717, 1.165) is 6.08 Å². The minimum Gasteiger partial charge on any atom is -0.457 e. The van der Waals surface area contributed by atoms with Gasteiger partial charge >= 0.3 is 0 Å². The summed E-state index contributed by atoms with van der Waals surface area (Å²) in [6.45, 7) is 1.37. The number of ether oxygens (including phenoxy) is 1. The molecule has 2 aromatic rings. The average molecular weight is 330 g/mol. The van der Waals surface area contributed by atoms with Gasteiger partial charge in [0.1, 0.15) is 17.3 Å². The summed E-state index contributed by atoms with van der Waals surface area (Å²) in [5.74, 6) is -0.552. The molecule has 0 aromatic heterocycles. The summed E-state index contributed by atoms with van der Waals surface area (Å²) < 4.78 is 18.6. The SMILES string of the molecule is CC(=O)Nc1ccc(Oc2ccc(F)cc2)c(/C=C/C(=O)NO)c1. The van der Waals surface area contributed by atoms with Crippen LogP contribution in [-0.4, -0.2) is 17.0 Å². The molecule has 0 saturated carbocycles. The van der Waals surface area contributed by atoms with E-state index < -0.39 is 5.91 Å². The molecule has 0 atom stereocenters. The quantitative estimate of drug-likeness (QED) is 0.446. The smallest absolute Gasteiger partial charge is 0.267 e. The molecule has 24 heavy (non-hydrogen) atoms. The van der Waals surface area contributed by atoms with Gasteiger partial charge in [0.2, 0.25) is 5.91 Å². The van der Waals surface area contributed by atoms with Crippen LogP contribution in [0.25, 0.3) is 6.08 Å². The van der Waals surface area contributed by atoms with Crippen LogP contribution in [0.2, 0.25) is 0 Å². The minimum absolute atomic E-state index is 0.245. The topological polar surface area (TPSA) is 87.7 Å². The Balaban J connectivity index is 2.33. The number of anilines is 1. The molecule has 2 amide bonds. The third-order valence-electron chi connectivity index (χ3n) is 2.90. The Bertz CT molecular complexity index is 773. The number of benzene rings is 2. The number of halogens is 1. The van der Waals surface area contributed by atoms with Gasteiger partial charge in [0.15, 0.2) is 0 Å². The fraction of sp³-hybridized carbons (Fsp3) is 0.0588. The van der Waals surface area contributed by atoms with E-state index in [1.54, 1.807) is 18.2 Å². The highest BCUT2D eigenvalue weighted by Gasteiger charge is 2.07. The molecule has 2 rings (SSSR count). The summed E-state index contributed by atoms with van der Waals surface area (Å²) in [4.78, 5) is 22.3. The number of carbonyl (C=O) groups is 2. The highest BCUT2D eigenvalue weighted by atomic mass is 19.1. The zero-order chi connectivity index (χ0) is 17.5. The molecule has 3 N–H and O–H groups in total. The lowest BCUT2D eigenvalue weighted by molar-refractivity contribution is -0.124. The van der Waals surface area contributed by atoms with Crippen LogP contribution in [0.5, 0.6) is 11.5 Å². The Morgan fingerprint density at radius 1 is 1.17 bits per heavy atom. The third-order valence-corrected chi connectivity index (χ3v) is 2.90. The lowest BCUT2D eigenvalue weighted by atomic mass is 10.1. The first kappa shape index (κ1) is 17.2. The molecule has 0 fully saturated rings. The van der Waals surface area contributed by atoms with E-state index in [1.807, 2.05) is 0 Å². The standard InChI is InChI=1S/C17H15FN2O4/c1-11(21)19-14-5-8-16(12(10-14)2-9-17(22)20-23)24-15-6-3-13(18)4-7-15/h2-10,23H,1H3,(H,19,21)(H,20,22)/b9-2+. The molecular formula is C17H15FN2O4. The summed E-state index contributed by atoms with van der Waals surface area (Å²) in [7, 11) is 0. The van der Waals surface area contributed by atoms with Gasteiger partial charge in [0.05, 0.1) is 0 Å². The van der Waals surface area contributed by atoms with Crippen molar-refractivity contribution in [1.82, 2.24) is 5.48 Å². The maximum Gasteiger partial charge on any atom is 0.267 e. The van der Waals surface area contributed by atoms with Crippen molar-refractivity contribution in [3.05, 3.63) is 59.9 Å². The highest BCUT2D eigenvalue weighted by Crippen LogP contribution is 2.29. The highest BCUT2D eigenvalue weighted by molar-refractivity contribution is 5.92. The summed E-state index contributed by atoms with van der Waals surface area (Å²) in [6, 6.07) is 10.3. The molecule has 0 bridgehead atoms. The van der Waals surface area contributed by atoms with Gasteiger partial charge < -0.3 is 10.1 Å². The second-order valence-corrected chi connectivity index (χ2v) is 4.80. The first-order chi connectivity index (χ1) is 11.5. The third kappa shape index (κ3) is 4.92. The number of carbonyl (C=O) groups excluding carboxylic acids is 2. The number of amides is 2. The number of hydrogen-bond acceptors (Lipinski definition) is 4. The van der Waals surface area contributed by atoms with E-state index in [2.05, 4.69) is 5.32 Å². The second kappa shape index (κ2) is 7.89. The van der Waals surface area contributed by atoms with Crippen LogP contribution in [0.4, 0.5) is 10.1 Å². The minimum atomic E-state index is -0.715. The van der Waals surface area contributed by atoms with E-state index in [0.29, 0.717) is 22.7 Å². The molecule has 0 spiro atoms. The van der Waals surface area contributed by atoms with Crippen LogP contribution < -0.4 is 15.5 Å². The fourth-order valence-corrected chi connectivity index (χ4v) is 1.89. The predicted molar refractivity (Wildman–Crippen MR) is 86.2 cm³/mol. The summed E-state index contributed by atoms with van der Waals surface area (Å²) in [5, 5.41) is 11.2. The van der Waals surface area contributed by atoms with Gasteiger partial charge in [-0.3, -0.25) is 14.8 Å². The molecular weight excluding hydrogens is 315 g/mol. The van der Waals surface area contributed by atoms with Gasteiger partial charge in [-0.25, -0.2) is 9.87 Å². The molecule has 124 valence electrons. The lowest BCUT2D eigenvalue weighted by Crippen LogP contribution is -2.14. The van der Waals surface area contributed by atoms with Crippen molar-refractivity contribution < 1.29 is 23.9 Å². The molecule has 0 aliphatic carbocycles. The van der Waals surface area contributed by atoms with Crippen LogP contribution in [0, 0.1) is 5.82 Å². The van der Waals surface area contributed by atoms with E-state index >= 15 is 0 Å². The van der Waals surface area contributed by atoms with Crippen LogP contribution in [-0.2, 0) is 9.59 Å². The fourth-order valence-electron chi connectivity index (χ4n) is 1.89. The van der Waals surface area contributed by atoms with E-state index in [4.69, 9.17) is 9.94 Å². The van der Waals surface area contributed by atoms with Crippen molar-refractivity contribution in [1.29, 1.82) is 0 Å². The van der Waals surface area contributed by atoms with Gasteiger partial charge in [0, 0.05) is 24.3 Å². The van der Waals surface area contributed by atoms with E-state index in [1.165, 1.54) is 42.7 Å². The van der Waals surface area contributed by atoms with Crippen molar-refractivity contribution in [3.8, 4) is 11.5 Å². The molecule has 0 saturated heterocycles. The lowest BCUT2D eigenvalue weighted by Gasteiger charge is -2.11. The van der Waals surface area contributed by atoms with Crippen molar-refractivity contribution >= 4 is 23.6 Å². The number of nitrogens with one attached hydrogen (secondary N) is 2. The normalized spacial score (nSPS) is 10.5. The molecule has 0 aliphatic heterocycles. The zero-order valence-corrected chi connectivity index (χ0v) is 12.7. The Morgan fingerprint density at radius 3 is 2.50 bits per heavy atom. The molecule has 0 heterocycles. The van der Waals surface area contributed by atoms with Crippen LogP contribution >= 0.6 is 0 Å². The van der Waals surface area contributed by atoms with E-state index in [9.17, 15) is 14.0 Å². The first-order valence-electron chi connectivity index (χ1n) is 6.95. The molecule has 0 unspecified atom stereocenters. The second-order valence-electron chi connectivity index (χ2n) is 4.80. The maximum absolute atomic E-state index is 13.0. The van der Waals surface area contributed by atoms with Crippen molar-refractivity contribution in [2.24, 2.45) is 0 Å². The van der Waals surface area contributed by atoms with E-state index in [-0.39, 0.29) is 11.7 Å². The van der Waals surface area contributed by atoms with Crippen molar-refractivity contribution in [2.45, 2.75) is 6.92 Å². The van der Waals surface area contributed by atoms with Gasteiger partial charge in [-0.1, -0.05) is 0 Å². The van der Waals surface area contributed by atoms with Crippen molar-refractivity contribution in [3.63, 3.8) is 0 Å². The largest absolute Gasteiger partial charge is 0.457 e. The molecule has 6 nitrogen and oxygen atoms in total. The Labute approximate surface area is 137 Å². The number of rotatable bonds is 5. The van der Waals surface area contributed by atoms with Crippen LogP contribution in [0.3, 0.4) is 0 Å². The Hall–Kier alpha value is -3.19.